The first kappa shape index (κ1) is 17.6. The summed E-state index contributed by atoms with van der Waals surface area (Å²) >= 11 is 0. The fourth-order valence-corrected chi connectivity index (χ4v) is 3.88. The quantitative estimate of drug-likeness (QED) is 0.569. The highest BCUT2D eigenvalue weighted by atomic mass is 16.3. The Kier molecular flexibility index (Phi) is 5.14. The molecule has 6 nitrogen and oxygen atoms in total. The number of furan rings is 1. The molecule has 27 heavy (non-hydrogen) atoms. The minimum Gasteiger partial charge on any atom is -0.461 e. The standard InChI is InChI=1S/C21H27N5O/c1-16-8-11-25(14-19(16)26-12-10-23-15-26)21(22-2)24-9-7-18-13-17-5-3-4-6-20(17)27-18/h3-6,10,12-13,15-16,19H,7-9,11,14H2,1-2H3,(H,22,24). The average molecular weight is 365 g/mol. The van der Waals surface area contributed by atoms with Crippen LogP contribution in [0.15, 0.2) is 58.5 Å². The number of fused-ring (bicyclic) bond motifs is 1. The second-order valence-electron chi connectivity index (χ2n) is 7.26. The molecule has 0 saturated carbocycles. The number of piperidine rings is 1. The molecule has 0 bridgehead atoms. The van der Waals surface area contributed by atoms with Crippen LogP contribution in [0.5, 0.6) is 0 Å². The molecule has 1 fully saturated rings. The van der Waals surface area contributed by atoms with Crippen LogP contribution in [-0.2, 0) is 6.42 Å². The summed E-state index contributed by atoms with van der Waals surface area (Å²) in [5, 5.41) is 4.66. The van der Waals surface area contributed by atoms with E-state index in [9.17, 15) is 0 Å². The fourth-order valence-electron chi connectivity index (χ4n) is 3.88. The number of hydrogen-bond donors (Lipinski definition) is 1. The molecule has 0 spiro atoms. The number of nitrogens with zero attached hydrogens (tertiary/aromatic N) is 4. The maximum absolute atomic E-state index is 5.91. The highest BCUT2D eigenvalue weighted by Gasteiger charge is 2.28. The number of aromatic nitrogens is 2. The summed E-state index contributed by atoms with van der Waals surface area (Å²) in [4.78, 5) is 11.1. The molecule has 1 aliphatic heterocycles. The maximum Gasteiger partial charge on any atom is 0.193 e. The Morgan fingerprint density at radius 2 is 2.26 bits per heavy atom. The summed E-state index contributed by atoms with van der Waals surface area (Å²) in [6.07, 6.45) is 7.81. The monoisotopic (exact) mass is 365 g/mol. The molecule has 3 heterocycles. The molecule has 0 amide bonds. The van der Waals surface area contributed by atoms with Crippen LogP contribution < -0.4 is 5.32 Å². The topological polar surface area (TPSA) is 58.6 Å². The van der Waals surface area contributed by atoms with Crippen LogP contribution in [-0.4, -0.2) is 47.1 Å². The molecule has 2 aromatic heterocycles. The molecule has 142 valence electrons. The Labute approximate surface area is 159 Å². The highest BCUT2D eigenvalue weighted by Crippen LogP contribution is 2.27. The van der Waals surface area contributed by atoms with E-state index >= 15 is 0 Å². The zero-order chi connectivity index (χ0) is 18.6. The lowest BCUT2D eigenvalue weighted by Crippen LogP contribution is -2.49. The molecule has 1 aromatic carbocycles. The van der Waals surface area contributed by atoms with Crippen molar-refractivity contribution in [1.29, 1.82) is 0 Å². The van der Waals surface area contributed by atoms with Crippen LogP contribution in [0.4, 0.5) is 0 Å². The van der Waals surface area contributed by atoms with E-state index in [0.717, 1.165) is 55.2 Å². The van der Waals surface area contributed by atoms with Crippen molar-refractivity contribution >= 4 is 16.9 Å². The van der Waals surface area contributed by atoms with Gasteiger partial charge in [-0.3, -0.25) is 4.99 Å². The first-order valence-electron chi connectivity index (χ1n) is 9.65. The number of imidazole rings is 1. The lowest BCUT2D eigenvalue weighted by atomic mass is 9.93. The number of benzene rings is 1. The number of hydrogen-bond acceptors (Lipinski definition) is 3. The summed E-state index contributed by atoms with van der Waals surface area (Å²) in [5.41, 5.74) is 0.949. The first-order valence-corrected chi connectivity index (χ1v) is 9.65. The third-order valence-corrected chi connectivity index (χ3v) is 5.47. The largest absolute Gasteiger partial charge is 0.461 e. The van der Waals surface area contributed by atoms with Crippen LogP contribution >= 0.6 is 0 Å². The van der Waals surface area contributed by atoms with E-state index in [1.54, 1.807) is 0 Å². The summed E-state index contributed by atoms with van der Waals surface area (Å²) in [6.45, 7) is 5.09. The van der Waals surface area contributed by atoms with Gasteiger partial charge in [0.1, 0.15) is 11.3 Å². The van der Waals surface area contributed by atoms with E-state index < -0.39 is 0 Å². The molecule has 4 rings (SSSR count). The molecular weight excluding hydrogens is 338 g/mol. The van der Waals surface area contributed by atoms with Gasteiger partial charge in [-0.25, -0.2) is 4.98 Å². The van der Waals surface area contributed by atoms with Crippen molar-refractivity contribution in [2.24, 2.45) is 10.9 Å². The predicted molar refractivity (Wildman–Crippen MR) is 108 cm³/mol. The van der Waals surface area contributed by atoms with Gasteiger partial charge in [-0.15, -0.1) is 0 Å². The van der Waals surface area contributed by atoms with Crippen LogP contribution in [0, 0.1) is 5.92 Å². The van der Waals surface area contributed by atoms with Crippen LogP contribution in [0.3, 0.4) is 0 Å². The third-order valence-electron chi connectivity index (χ3n) is 5.47. The molecule has 0 radical (unpaired) electrons. The van der Waals surface area contributed by atoms with E-state index in [0.29, 0.717) is 12.0 Å². The normalized spacial score (nSPS) is 21.0. The molecule has 1 saturated heterocycles. The third kappa shape index (κ3) is 3.84. The van der Waals surface area contributed by atoms with Gasteiger partial charge >= 0.3 is 0 Å². The number of rotatable bonds is 4. The first-order chi connectivity index (χ1) is 13.2. The Morgan fingerprint density at radius 3 is 3.04 bits per heavy atom. The molecule has 6 heteroatoms. The van der Waals surface area contributed by atoms with Gasteiger partial charge in [0, 0.05) is 50.9 Å². The van der Waals surface area contributed by atoms with Crippen LogP contribution in [0.25, 0.3) is 11.0 Å². The fraction of sp³-hybridized carbons (Fsp3) is 0.429. The lowest BCUT2D eigenvalue weighted by Gasteiger charge is -2.39. The zero-order valence-corrected chi connectivity index (χ0v) is 16.0. The van der Waals surface area contributed by atoms with Crippen molar-refractivity contribution in [1.82, 2.24) is 19.8 Å². The second kappa shape index (κ2) is 7.86. The number of aliphatic imine (C=N–C) groups is 1. The zero-order valence-electron chi connectivity index (χ0n) is 16.0. The van der Waals surface area contributed by atoms with E-state index in [2.05, 4.69) is 50.0 Å². The van der Waals surface area contributed by atoms with Crippen molar-refractivity contribution in [2.45, 2.75) is 25.8 Å². The number of likely N-dealkylation sites (tertiary alicyclic amines) is 1. The second-order valence-corrected chi connectivity index (χ2v) is 7.26. The molecule has 2 unspecified atom stereocenters. The van der Waals surface area contributed by atoms with Crippen molar-refractivity contribution < 1.29 is 4.42 Å². The highest BCUT2D eigenvalue weighted by molar-refractivity contribution is 5.80. The summed E-state index contributed by atoms with van der Waals surface area (Å²) < 4.78 is 8.13. The van der Waals surface area contributed by atoms with Crippen LogP contribution in [0.2, 0.25) is 0 Å². The van der Waals surface area contributed by atoms with Crippen molar-refractivity contribution in [3.63, 3.8) is 0 Å². The van der Waals surface area contributed by atoms with Crippen LogP contribution in [0.1, 0.15) is 25.1 Å². The van der Waals surface area contributed by atoms with Crippen molar-refractivity contribution in [3.8, 4) is 0 Å². The average Bonchev–Trinajstić information content (AvgIpc) is 3.35. The number of nitrogens with one attached hydrogen (secondary N) is 1. The van der Waals surface area contributed by atoms with Crippen molar-refractivity contribution in [2.75, 3.05) is 26.7 Å². The molecular formula is C21H27N5O. The van der Waals surface area contributed by atoms with Crippen molar-refractivity contribution in [3.05, 3.63) is 54.8 Å². The Hall–Kier alpha value is -2.76. The number of guanidine groups is 1. The van der Waals surface area contributed by atoms with Gasteiger partial charge in [0.05, 0.1) is 12.4 Å². The van der Waals surface area contributed by atoms with E-state index in [1.807, 2.05) is 37.8 Å². The van der Waals surface area contributed by atoms with E-state index in [4.69, 9.17) is 4.42 Å². The SMILES string of the molecule is CN=C(NCCc1cc2ccccc2o1)N1CCC(C)C(n2ccnc2)C1. The summed E-state index contributed by atoms with van der Waals surface area (Å²) in [7, 11) is 1.85. The Morgan fingerprint density at radius 1 is 1.37 bits per heavy atom. The van der Waals surface area contributed by atoms with Gasteiger partial charge in [0.25, 0.3) is 0 Å². The van der Waals surface area contributed by atoms with Gasteiger partial charge in [0.15, 0.2) is 5.96 Å². The van der Waals surface area contributed by atoms with Gasteiger partial charge in [-0.2, -0.15) is 0 Å². The predicted octanol–water partition coefficient (Wildman–Crippen LogP) is 3.33. The maximum atomic E-state index is 5.91. The number of para-hydroxylation sites is 1. The van der Waals surface area contributed by atoms with Gasteiger partial charge in [-0.1, -0.05) is 25.1 Å². The van der Waals surface area contributed by atoms with Gasteiger partial charge in [0.2, 0.25) is 0 Å². The lowest BCUT2D eigenvalue weighted by molar-refractivity contribution is 0.189. The van der Waals surface area contributed by atoms with Gasteiger partial charge in [-0.05, 0) is 24.5 Å². The summed E-state index contributed by atoms with van der Waals surface area (Å²) in [6, 6.07) is 10.7. The Balaban J connectivity index is 1.36. The van der Waals surface area contributed by atoms with E-state index in [-0.39, 0.29) is 0 Å². The molecule has 3 aromatic rings. The minimum atomic E-state index is 0.426. The molecule has 2 atom stereocenters. The molecule has 0 aliphatic carbocycles. The Bertz CT molecular complexity index is 865. The molecule has 1 aliphatic rings. The van der Waals surface area contributed by atoms with Gasteiger partial charge < -0.3 is 19.2 Å². The summed E-state index contributed by atoms with van der Waals surface area (Å²) in [5.74, 6) is 2.59. The van der Waals surface area contributed by atoms with E-state index in [1.165, 1.54) is 0 Å². The molecule has 1 N–H and O–H groups in total. The minimum absolute atomic E-state index is 0.426. The smallest absolute Gasteiger partial charge is 0.193 e.